The van der Waals surface area contributed by atoms with Crippen LogP contribution in [-0.2, 0) is 11.2 Å². The van der Waals surface area contributed by atoms with E-state index in [2.05, 4.69) is 0 Å². The molecular weight excluding hydrogens is 387 g/mol. The van der Waals surface area contributed by atoms with Crippen LogP contribution >= 0.6 is 0 Å². The van der Waals surface area contributed by atoms with Crippen LogP contribution in [0.3, 0.4) is 0 Å². The Morgan fingerprint density at radius 1 is 1.10 bits per heavy atom. The number of carbonyl (C=O) groups is 1. The molecule has 0 aromatic heterocycles. The molecule has 0 radical (unpaired) electrons. The Morgan fingerprint density at radius 2 is 1.80 bits per heavy atom. The van der Waals surface area contributed by atoms with Crippen molar-refractivity contribution in [2.24, 2.45) is 17.3 Å². The first kappa shape index (κ1) is 19.7. The van der Waals surface area contributed by atoms with E-state index in [1.807, 2.05) is 30.3 Å². The lowest BCUT2D eigenvalue weighted by molar-refractivity contribution is -0.148. The molecule has 1 saturated heterocycles. The van der Waals surface area contributed by atoms with Gasteiger partial charge in [-0.1, -0.05) is 43.3 Å². The van der Waals surface area contributed by atoms with Gasteiger partial charge >= 0.3 is 0 Å². The zero-order chi connectivity index (χ0) is 21.1. The number of likely N-dealkylation sites (tertiary alicyclic amines) is 1. The maximum absolute atomic E-state index is 14.7. The average Bonchev–Trinajstić information content (AvgIpc) is 3.37. The number of rotatable bonds is 4. The van der Waals surface area contributed by atoms with Crippen molar-refractivity contribution in [3.05, 3.63) is 59.9 Å². The summed E-state index contributed by atoms with van der Waals surface area (Å²) in [6.07, 6.45) is 4.00. The monoisotopic (exact) mass is 413 g/mol. The van der Waals surface area contributed by atoms with Gasteiger partial charge in [-0.3, -0.25) is 4.79 Å². The summed E-state index contributed by atoms with van der Waals surface area (Å²) >= 11 is 0. The second-order valence-electron chi connectivity index (χ2n) is 9.56. The zero-order valence-corrected chi connectivity index (χ0v) is 17.1. The van der Waals surface area contributed by atoms with E-state index in [4.69, 9.17) is 0 Å². The molecule has 4 aliphatic rings. The zero-order valence-electron chi connectivity index (χ0n) is 17.1. The number of amides is 1. The molecule has 6 rings (SSSR count). The highest BCUT2D eigenvalue weighted by molar-refractivity contribution is 5.85. The van der Waals surface area contributed by atoms with Crippen LogP contribution in [0.15, 0.2) is 48.5 Å². The molecule has 3 aliphatic carbocycles. The number of carbonyl (C=O) groups excluding carboxylic acids is 1. The summed E-state index contributed by atoms with van der Waals surface area (Å²) in [6, 6.07) is 13.4. The SMILES string of the molecule is C[C@@H]1[C@H](Cc2cccc(-c3cccc(F)c3)c2)N(C(=O)C23CCC(C2)C3)CC1(F)F. The van der Waals surface area contributed by atoms with Crippen LogP contribution in [-0.4, -0.2) is 29.3 Å². The van der Waals surface area contributed by atoms with Crippen LogP contribution in [0.1, 0.15) is 38.2 Å². The summed E-state index contributed by atoms with van der Waals surface area (Å²) in [7, 11) is 0. The molecule has 2 atom stereocenters. The molecule has 2 aromatic carbocycles. The van der Waals surface area contributed by atoms with E-state index in [1.54, 1.807) is 13.0 Å². The standard InChI is InChI=1S/C25H26F3NO/c1-16-22(11-17-4-2-5-19(10-17)20-6-3-7-21(26)12-20)29(15-25(16,27)28)23(30)24-9-8-18(13-24)14-24/h2-7,10,12,16,18,22H,8-9,11,13-15H2,1H3/t16-,18?,22+,24?/m1/s1. The normalized spacial score (nSPS) is 31.6. The first-order chi connectivity index (χ1) is 14.3. The fourth-order valence-electron chi connectivity index (χ4n) is 5.86. The number of fused-ring (bicyclic) bond motifs is 1. The highest BCUT2D eigenvalue weighted by Crippen LogP contribution is 2.60. The Bertz CT molecular complexity index is 976. The van der Waals surface area contributed by atoms with Crippen molar-refractivity contribution < 1.29 is 18.0 Å². The minimum Gasteiger partial charge on any atom is -0.332 e. The topological polar surface area (TPSA) is 20.3 Å². The van der Waals surface area contributed by atoms with Gasteiger partial charge < -0.3 is 4.90 Å². The lowest BCUT2D eigenvalue weighted by atomic mass is 9.68. The molecule has 158 valence electrons. The van der Waals surface area contributed by atoms with E-state index >= 15 is 0 Å². The van der Waals surface area contributed by atoms with E-state index in [-0.39, 0.29) is 17.1 Å². The van der Waals surface area contributed by atoms with Crippen LogP contribution < -0.4 is 0 Å². The number of nitrogens with zero attached hydrogens (tertiary/aromatic N) is 1. The number of halogens is 3. The fraction of sp³-hybridized carbons (Fsp3) is 0.480. The van der Waals surface area contributed by atoms with Crippen LogP contribution in [0.5, 0.6) is 0 Å². The summed E-state index contributed by atoms with van der Waals surface area (Å²) in [5, 5.41) is 0. The Balaban J connectivity index is 1.42. The molecule has 1 aliphatic heterocycles. The third kappa shape index (κ3) is 3.14. The van der Waals surface area contributed by atoms with Gasteiger partial charge in [0.05, 0.1) is 6.54 Å². The lowest BCUT2D eigenvalue weighted by Crippen LogP contribution is -2.50. The van der Waals surface area contributed by atoms with Gasteiger partial charge in [-0.15, -0.1) is 0 Å². The number of hydrogen-bond donors (Lipinski definition) is 0. The predicted octanol–water partition coefficient (Wildman–Crippen LogP) is 5.71. The van der Waals surface area contributed by atoms with Gasteiger partial charge in [0.25, 0.3) is 5.92 Å². The molecule has 0 spiro atoms. The van der Waals surface area contributed by atoms with Crippen molar-refractivity contribution in [2.75, 3.05) is 6.54 Å². The molecule has 2 bridgehead atoms. The van der Waals surface area contributed by atoms with E-state index < -0.39 is 24.4 Å². The molecule has 2 aromatic rings. The van der Waals surface area contributed by atoms with Crippen LogP contribution in [0.25, 0.3) is 11.1 Å². The number of hydrogen-bond acceptors (Lipinski definition) is 1. The summed E-state index contributed by atoms with van der Waals surface area (Å²) in [4.78, 5) is 14.8. The minimum atomic E-state index is -2.88. The van der Waals surface area contributed by atoms with Crippen LogP contribution in [0.4, 0.5) is 13.2 Å². The Hall–Kier alpha value is -2.30. The molecule has 1 amide bonds. The number of alkyl halides is 2. The maximum Gasteiger partial charge on any atom is 0.269 e. The smallest absolute Gasteiger partial charge is 0.269 e. The summed E-state index contributed by atoms with van der Waals surface area (Å²) < 4.78 is 43.0. The largest absolute Gasteiger partial charge is 0.332 e. The van der Waals surface area contributed by atoms with Gasteiger partial charge in [0, 0.05) is 17.4 Å². The highest BCUT2D eigenvalue weighted by Gasteiger charge is 2.61. The molecule has 4 fully saturated rings. The molecule has 1 heterocycles. The molecule has 30 heavy (non-hydrogen) atoms. The fourth-order valence-corrected chi connectivity index (χ4v) is 5.86. The minimum absolute atomic E-state index is 0.0634. The third-order valence-electron chi connectivity index (χ3n) is 7.66. The van der Waals surface area contributed by atoms with Crippen molar-refractivity contribution in [2.45, 2.75) is 51.0 Å². The number of benzene rings is 2. The Kier molecular flexibility index (Phi) is 4.49. The van der Waals surface area contributed by atoms with Gasteiger partial charge in [-0.2, -0.15) is 0 Å². The van der Waals surface area contributed by atoms with Gasteiger partial charge in [0.2, 0.25) is 5.91 Å². The maximum atomic E-state index is 14.7. The Morgan fingerprint density at radius 3 is 2.47 bits per heavy atom. The van der Waals surface area contributed by atoms with Crippen molar-refractivity contribution in [3.63, 3.8) is 0 Å². The van der Waals surface area contributed by atoms with Crippen molar-refractivity contribution >= 4 is 5.91 Å². The quantitative estimate of drug-likeness (QED) is 0.629. The van der Waals surface area contributed by atoms with Gasteiger partial charge in [-0.25, -0.2) is 13.2 Å². The third-order valence-corrected chi connectivity index (χ3v) is 7.66. The van der Waals surface area contributed by atoms with Gasteiger partial charge in [-0.05, 0) is 66.8 Å². The molecule has 3 saturated carbocycles. The predicted molar refractivity (Wildman–Crippen MR) is 110 cm³/mol. The van der Waals surface area contributed by atoms with E-state index in [9.17, 15) is 18.0 Å². The van der Waals surface area contributed by atoms with E-state index in [0.717, 1.165) is 42.4 Å². The van der Waals surface area contributed by atoms with Crippen molar-refractivity contribution in [3.8, 4) is 11.1 Å². The molecule has 0 unspecified atom stereocenters. The summed E-state index contributed by atoms with van der Waals surface area (Å²) in [5.74, 6) is -3.54. The van der Waals surface area contributed by atoms with Gasteiger partial charge in [0.15, 0.2) is 0 Å². The molecule has 5 heteroatoms. The summed E-state index contributed by atoms with van der Waals surface area (Å²) in [6.45, 7) is 1.08. The van der Waals surface area contributed by atoms with Crippen LogP contribution in [0, 0.1) is 23.1 Å². The highest BCUT2D eigenvalue weighted by atomic mass is 19.3. The first-order valence-electron chi connectivity index (χ1n) is 10.8. The molecular formula is C25H26F3NO. The molecule has 0 N–H and O–H groups in total. The molecule has 2 nitrogen and oxygen atoms in total. The second-order valence-corrected chi connectivity index (χ2v) is 9.56. The Labute approximate surface area is 175 Å². The van der Waals surface area contributed by atoms with E-state index in [1.165, 1.54) is 17.0 Å². The lowest BCUT2D eigenvalue weighted by Gasteiger charge is -2.41. The van der Waals surface area contributed by atoms with Gasteiger partial charge in [0.1, 0.15) is 5.82 Å². The van der Waals surface area contributed by atoms with Crippen molar-refractivity contribution in [1.82, 2.24) is 4.90 Å². The second kappa shape index (κ2) is 6.86. The van der Waals surface area contributed by atoms with Crippen LogP contribution in [0.2, 0.25) is 0 Å². The summed E-state index contributed by atoms with van der Waals surface area (Å²) in [5.41, 5.74) is 2.10. The first-order valence-corrected chi connectivity index (χ1v) is 10.8. The average molecular weight is 413 g/mol. The van der Waals surface area contributed by atoms with E-state index in [0.29, 0.717) is 12.3 Å². The van der Waals surface area contributed by atoms with Crippen molar-refractivity contribution in [1.29, 1.82) is 0 Å².